The molecule has 20 heavy (non-hydrogen) atoms. The Kier molecular flexibility index (Phi) is 6.44. The summed E-state index contributed by atoms with van der Waals surface area (Å²) in [6.07, 6.45) is 0. The molecular formula is C13H8I4O3. The molecule has 0 amide bonds. The largest absolute Gasteiger partial charge is 0.506 e. The highest BCUT2D eigenvalue weighted by Gasteiger charge is 2.12. The summed E-state index contributed by atoms with van der Waals surface area (Å²) in [4.78, 5) is 0. The van der Waals surface area contributed by atoms with E-state index in [2.05, 4.69) is 90.4 Å². The zero-order chi connectivity index (χ0) is 14.9. The van der Waals surface area contributed by atoms with Crippen molar-refractivity contribution in [1.29, 1.82) is 0 Å². The maximum absolute atomic E-state index is 9.77. The second-order valence-corrected chi connectivity index (χ2v) is 8.53. The van der Waals surface area contributed by atoms with E-state index in [0.717, 1.165) is 25.6 Å². The summed E-state index contributed by atoms with van der Waals surface area (Å²) in [5, 5.41) is 19.0. The second-order valence-electron chi connectivity index (χ2n) is 3.88. The van der Waals surface area contributed by atoms with Crippen LogP contribution in [-0.4, -0.2) is 10.2 Å². The molecule has 0 aliphatic heterocycles. The molecule has 0 aromatic heterocycles. The number of hydrogen-bond donors (Lipinski definition) is 2. The molecule has 0 fully saturated rings. The fourth-order valence-corrected chi connectivity index (χ4v) is 5.35. The molecule has 7 heteroatoms. The van der Waals surface area contributed by atoms with E-state index in [0.29, 0.717) is 5.75 Å². The Balaban J connectivity index is 2.40. The van der Waals surface area contributed by atoms with E-state index in [4.69, 9.17) is 4.74 Å². The summed E-state index contributed by atoms with van der Waals surface area (Å²) >= 11 is 8.53. The number of phenolic OH excluding ortho intramolecular Hbond substituents is 1. The minimum atomic E-state index is 0.0152. The number of halogens is 4. The molecule has 2 N–H and O–H groups in total. The van der Waals surface area contributed by atoms with Crippen LogP contribution in [0.1, 0.15) is 5.56 Å². The Morgan fingerprint density at radius 1 is 0.850 bits per heavy atom. The van der Waals surface area contributed by atoms with Gasteiger partial charge in [0.1, 0.15) is 11.5 Å². The van der Waals surface area contributed by atoms with E-state index in [1.165, 1.54) is 0 Å². The van der Waals surface area contributed by atoms with Gasteiger partial charge in [-0.25, -0.2) is 0 Å². The number of phenols is 1. The van der Waals surface area contributed by atoms with Crippen LogP contribution < -0.4 is 4.74 Å². The predicted octanol–water partition coefficient (Wildman–Crippen LogP) is 5.10. The molecule has 3 nitrogen and oxygen atoms in total. The zero-order valence-electron chi connectivity index (χ0n) is 9.83. The molecule has 0 aliphatic rings. The number of hydrogen-bond acceptors (Lipinski definition) is 3. The van der Waals surface area contributed by atoms with Crippen molar-refractivity contribution >= 4 is 90.4 Å². The maximum Gasteiger partial charge on any atom is 0.154 e. The minimum Gasteiger partial charge on any atom is -0.506 e. The third kappa shape index (κ3) is 4.01. The molecule has 0 radical (unpaired) electrons. The molecule has 0 heterocycles. The maximum atomic E-state index is 9.77. The van der Waals surface area contributed by atoms with Crippen LogP contribution in [0.15, 0.2) is 24.3 Å². The van der Waals surface area contributed by atoms with Gasteiger partial charge in [-0.15, -0.1) is 0 Å². The molecule has 0 saturated heterocycles. The summed E-state index contributed by atoms with van der Waals surface area (Å²) in [6, 6.07) is 7.39. The van der Waals surface area contributed by atoms with Gasteiger partial charge in [0.05, 0.1) is 20.9 Å². The van der Waals surface area contributed by atoms with Gasteiger partial charge in [0.15, 0.2) is 5.75 Å². The minimum absolute atomic E-state index is 0.0152. The van der Waals surface area contributed by atoms with Gasteiger partial charge < -0.3 is 14.9 Å². The third-order valence-electron chi connectivity index (χ3n) is 2.45. The molecule has 2 rings (SSSR count). The van der Waals surface area contributed by atoms with E-state index in [-0.39, 0.29) is 12.4 Å². The Morgan fingerprint density at radius 2 is 1.35 bits per heavy atom. The average molecular weight is 720 g/mol. The van der Waals surface area contributed by atoms with Crippen LogP contribution in [0.3, 0.4) is 0 Å². The highest BCUT2D eigenvalue weighted by molar-refractivity contribution is 14.1. The quantitative estimate of drug-likeness (QED) is 0.435. The molecule has 0 bridgehead atoms. The lowest BCUT2D eigenvalue weighted by Crippen LogP contribution is -1.95. The van der Waals surface area contributed by atoms with Gasteiger partial charge in [-0.05, 0) is 120 Å². The molecule has 0 saturated carbocycles. The summed E-state index contributed by atoms with van der Waals surface area (Å²) in [7, 11) is 0. The van der Waals surface area contributed by atoms with E-state index >= 15 is 0 Å². The van der Waals surface area contributed by atoms with Crippen molar-refractivity contribution in [3.8, 4) is 17.2 Å². The first-order valence-electron chi connectivity index (χ1n) is 5.37. The van der Waals surface area contributed by atoms with E-state index in [1.807, 2.05) is 12.1 Å². The molecular weight excluding hydrogens is 712 g/mol. The smallest absolute Gasteiger partial charge is 0.154 e. The number of aromatic hydroxyl groups is 1. The molecule has 0 aliphatic carbocycles. The molecule has 2 aromatic rings. The van der Waals surface area contributed by atoms with Crippen LogP contribution in [0.2, 0.25) is 0 Å². The monoisotopic (exact) mass is 720 g/mol. The van der Waals surface area contributed by atoms with Crippen LogP contribution >= 0.6 is 90.4 Å². The highest BCUT2D eigenvalue weighted by Crippen LogP contribution is 2.36. The van der Waals surface area contributed by atoms with E-state index in [1.54, 1.807) is 12.1 Å². The summed E-state index contributed by atoms with van der Waals surface area (Å²) in [5.74, 6) is 1.73. The second kappa shape index (κ2) is 7.46. The van der Waals surface area contributed by atoms with Gasteiger partial charge in [0, 0.05) is 0 Å². The summed E-state index contributed by atoms with van der Waals surface area (Å²) in [5.41, 5.74) is 0.862. The predicted molar refractivity (Wildman–Crippen MR) is 111 cm³/mol. The van der Waals surface area contributed by atoms with Crippen molar-refractivity contribution in [2.24, 2.45) is 0 Å². The molecule has 106 valence electrons. The topological polar surface area (TPSA) is 49.7 Å². The van der Waals surface area contributed by atoms with Crippen LogP contribution in [-0.2, 0) is 6.61 Å². The van der Waals surface area contributed by atoms with Gasteiger partial charge in [0.2, 0.25) is 0 Å². The van der Waals surface area contributed by atoms with Crippen LogP contribution in [0, 0.1) is 14.3 Å². The Bertz CT molecular complexity index is 612. The molecule has 0 spiro atoms. The molecule has 0 atom stereocenters. The van der Waals surface area contributed by atoms with Gasteiger partial charge >= 0.3 is 0 Å². The van der Waals surface area contributed by atoms with E-state index in [9.17, 15) is 10.2 Å². The SMILES string of the molecule is OCc1cc(I)c(Oc2cc(I)c(O)c(I)c2)c(I)c1. The average Bonchev–Trinajstić information content (AvgIpc) is 2.39. The lowest BCUT2D eigenvalue weighted by atomic mass is 10.2. The van der Waals surface area contributed by atoms with Gasteiger partial charge in [-0.3, -0.25) is 0 Å². The van der Waals surface area contributed by atoms with Crippen molar-refractivity contribution in [1.82, 2.24) is 0 Å². The van der Waals surface area contributed by atoms with Crippen LogP contribution in [0.4, 0.5) is 0 Å². The van der Waals surface area contributed by atoms with E-state index < -0.39 is 0 Å². The summed E-state index contributed by atoms with van der Waals surface area (Å²) < 4.78 is 9.32. The van der Waals surface area contributed by atoms with Crippen molar-refractivity contribution < 1.29 is 14.9 Å². The van der Waals surface area contributed by atoms with Gasteiger partial charge in [-0.2, -0.15) is 0 Å². The number of aliphatic hydroxyl groups is 1. The van der Waals surface area contributed by atoms with Crippen molar-refractivity contribution in [3.63, 3.8) is 0 Å². The fraction of sp³-hybridized carbons (Fsp3) is 0.0769. The van der Waals surface area contributed by atoms with Crippen molar-refractivity contribution in [3.05, 3.63) is 44.1 Å². The lowest BCUT2D eigenvalue weighted by molar-refractivity contribution is 0.281. The fourth-order valence-electron chi connectivity index (χ4n) is 1.52. The lowest BCUT2D eigenvalue weighted by Gasteiger charge is -2.13. The molecule has 2 aromatic carbocycles. The number of ether oxygens (including phenoxy) is 1. The Morgan fingerprint density at radius 3 is 1.80 bits per heavy atom. The first-order valence-corrected chi connectivity index (χ1v) is 9.68. The summed E-state index contributed by atoms with van der Waals surface area (Å²) in [6.45, 7) is 0.0152. The van der Waals surface area contributed by atoms with Gasteiger partial charge in [-0.1, -0.05) is 0 Å². The first-order chi connectivity index (χ1) is 9.42. The molecule has 0 unspecified atom stereocenters. The first kappa shape index (κ1) is 17.3. The van der Waals surface area contributed by atoms with Crippen LogP contribution in [0.25, 0.3) is 0 Å². The normalized spacial score (nSPS) is 10.7. The standard InChI is InChI=1S/C13H8I4O3/c14-8-3-7(4-9(15)12(8)19)20-13-10(16)1-6(5-18)2-11(13)17/h1-4,18-19H,5H2. The van der Waals surface area contributed by atoms with Crippen molar-refractivity contribution in [2.45, 2.75) is 6.61 Å². The number of benzene rings is 2. The Hall–Kier alpha value is 0.920. The number of rotatable bonds is 3. The van der Waals surface area contributed by atoms with Gasteiger partial charge in [0.25, 0.3) is 0 Å². The Labute approximate surface area is 171 Å². The van der Waals surface area contributed by atoms with Crippen molar-refractivity contribution in [2.75, 3.05) is 0 Å². The van der Waals surface area contributed by atoms with Crippen LogP contribution in [0.5, 0.6) is 17.2 Å². The third-order valence-corrected chi connectivity index (χ3v) is 5.70. The highest BCUT2D eigenvalue weighted by atomic mass is 127. The number of aliphatic hydroxyl groups excluding tert-OH is 1. The zero-order valence-corrected chi connectivity index (χ0v) is 18.5.